The topological polar surface area (TPSA) is 29.5 Å². The Hall–Kier alpha value is -0.0800. The normalized spacial score (nSPS) is 27.5. The Bertz CT molecular complexity index is 201. The maximum absolute atomic E-state index is 9.51. The lowest BCUT2D eigenvalue weighted by Crippen LogP contribution is -2.24. The van der Waals surface area contributed by atoms with Crippen LogP contribution in [0.25, 0.3) is 0 Å². The first-order valence-electron chi connectivity index (χ1n) is 7.40. The highest BCUT2D eigenvalue weighted by atomic mass is 16.6. The molecule has 17 heavy (non-hydrogen) atoms. The highest BCUT2D eigenvalue weighted by Crippen LogP contribution is 2.39. The van der Waals surface area contributed by atoms with Gasteiger partial charge in [-0.3, -0.25) is 0 Å². The van der Waals surface area contributed by atoms with Crippen LogP contribution >= 0.6 is 0 Å². The van der Waals surface area contributed by atoms with E-state index in [0.29, 0.717) is 0 Å². The number of aliphatic hydroxyl groups is 1. The van der Waals surface area contributed by atoms with Crippen LogP contribution in [0.3, 0.4) is 0 Å². The smallest absolute Gasteiger partial charge is 0.155 e. The second-order valence-corrected chi connectivity index (χ2v) is 6.18. The van der Waals surface area contributed by atoms with Crippen LogP contribution in [0.2, 0.25) is 0 Å². The third-order valence-electron chi connectivity index (χ3n) is 3.96. The summed E-state index contributed by atoms with van der Waals surface area (Å²) in [6.45, 7) is 6.66. The molecule has 1 aliphatic heterocycles. The van der Waals surface area contributed by atoms with E-state index in [1.807, 2.05) is 0 Å². The maximum atomic E-state index is 9.51. The fourth-order valence-electron chi connectivity index (χ4n) is 2.75. The molecule has 0 aromatic heterocycles. The van der Waals surface area contributed by atoms with E-state index < -0.39 is 6.29 Å². The van der Waals surface area contributed by atoms with Crippen molar-refractivity contribution in [3.05, 3.63) is 0 Å². The van der Waals surface area contributed by atoms with E-state index in [-0.39, 0.29) is 11.5 Å². The number of hydrogen-bond donors (Lipinski definition) is 1. The summed E-state index contributed by atoms with van der Waals surface area (Å²) >= 11 is 0. The number of unbranched alkanes of at least 4 members (excludes halogenated alkanes) is 6. The zero-order chi connectivity index (χ0) is 12.7. The highest BCUT2D eigenvalue weighted by molar-refractivity contribution is 4.85. The van der Waals surface area contributed by atoms with Gasteiger partial charge in [0.25, 0.3) is 0 Å². The summed E-state index contributed by atoms with van der Waals surface area (Å²) in [7, 11) is 0. The molecule has 0 aliphatic carbocycles. The largest absolute Gasteiger partial charge is 0.368 e. The first-order valence-corrected chi connectivity index (χ1v) is 7.40. The fourth-order valence-corrected chi connectivity index (χ4v) is 2.75. The number of rotatable bonds is 8. The summed E-state index contributed by atoms with van der Waals surface area (Å²) in [5.41, 5.74) is 0.154. The van der Waals surface area contributed by atoms with Gasteiger partial charge in [-0.05, 0) is 11.8 Å². The van der Waals surface area contributed by atoms with Gasteiger partial charge >= 0.3 is 0 Å². The summed E-state index contributed by atoms with van der Waals surface area (Å²) in [4.78, 5) is 0. The quantitative estimate of drug-likeness (QED) is 0.644. The zero-order valence-corrected chi connectivity index (χ0v) is 11.9. The molecule has 1 aliphatic rings. The van der Waals surface area contributed by atoms with Crippen molar-refractivity contribution < 1.29 is 9.84 Å². The summed E-state index contributed by atoms with van der Waals surface area (Å²) in [5, 5.41) is 9.51. The van der Waals surface area contributed by atoms with Crippen molar-refractivity contribution in [3.8, 4) is 0 Å². The standard InChI is InChI=1S/C15H30O2/c1-4-5-6-7-8-9-10-11-13-15(2,3)12-14(16)17-13/h13-14,16H,4-12H2,1-3H3/t13-,14?/m1/s1. The lowest BCUT2D eigenvalue weighted by molar-refractivity contribution is -0.0968. The molecule has 2 nitrogen and oxygen atoms in total. The minimum absolute atomic E-state index is 0.154. The van der Waals surface area contributed by atoms with E-state index in [1.165, 1.54) is 44.9 Å². The van der Waals surface area contributed by atoms with Crippen LogP contribution in [0.15, 0.2) is 0 Å². The summed E-state index contributed by atoms with van der Waals surface area (Å²) < 4.78 is 5.58. The van der Waals surface area contributed by atoms with Gasteiger partial charge in [-0.1, -0.05) is 65.7 Å². The van der Waals surface area contributed by atoms with E-state index in [1.54, 1.807) is 0 Å². The van der Waals surface area contributed by atoms with Crippen molar-refractivity contribution in [2.75, 3.05) is 0 Å². The minimum Gasteiger partial charge on any atom is -0.368 e. The third-order valence-corrected chi connectivity index (χ3v) is 3.96. The monoisotopic (exact) mass is 242 g/mol. The van der Waals surface area contributed by atoms with E-state index in [2.05, 4.69) is 20.8 Å². The molecule has 0 aromatic rings. The van der Waals surface area contributed by atoms with E-state index in [9.17, 15) is 5.11 Å². The molecule has 0 spiro atoms. The number of hydrogen-bond acceptors (Lipinski definition) is 2. The SMILES string of the molecule is CCCCCCCCC[C@H]1OC(O)CC1(C)C. The highest BCUT2D eigenvalue weighted by Gasteiger charge is 2.40. The molecule has 2 heteroatoms. The molecule has 1 unspecified atom stereocenters. The Morgan fingerprint density at radius 3 is 2.18 bits per heavy atom. The lowest BCUT2D eigenvalue weighted by Gasteiger charge is -2.24. The minimum atomic E-state index is -0.528. The van der Waals surface area contributed by atoms with Crippen molar-refractivity contribution in [1.82, 2.24) is 0 Å². The van der Waals surface area contributed by atoms with Gasteiger partial charge in [0.1, 0.15) is 0 Å². The van der Waals surface area contributed by atoms with Crippen LogP contribution in [0.1, 0.15) is 78.6 Å². The van der Waals surface area contributed by atoms with Crippen LogP contribution < -0.4 is 0 Å². The third kappa shape index (κ3) is 5.39. The molecular formula is C15H30O2. The molecule has 0 saturated carbocycles. The molecule has 1 saturated heterocycles. The molecule has 102 valence electrons. The van der Waals surface area contributed by atoms with Crippen LogP contribution in [0.5, 0.6) is 0 Å². The van der Waals surface area contributed by atoms with E-state index >= 15 is 0 Å². The summed E-state index contributed by atoms with van der Waals surface area (Å²) in [5.74, 6) is 0. The Morgan fingerprint density at radius 2 is 1.65 bits per heavy atom. The Labute approximate surface area is 107 Å². The molecular weight excluding hydrogens is 212 g/mol. The second-order valence-electron chi connectivity index (χ2n) is 6.18. The fraction of sp³-hybridized carbons (Fsp3) is 1.00. The Balaban J connectivity index is 2.03. The Morgan fingerprint density at radius 1 is 1.06 bits per heavy atom. The van der Waals surface area contributed by atoms with Gasteiger partial charge in [0.2, 0.25) is 0 Å². The van der Waals surface area contributed by atoms with Gasteiger partial charge in [0, 0.05) is 6.42 Å². The van der Waals surface area contributed by atoms with Crippen molar-refractivity contribution in [3.63, 3.8) is 0 Å². The van der Waals surface area contributed by atoms with Crippen molar-refractivity contribution in [1.29, 1.82) is 0 Å². The van der Waals surface area contributed by atoms with Crippen molar-refractivity contribution >= 4 is 0 Å². The van der Waals surface area contributed by atoms with Gasteiger partial charge in [0.05, 0.1) is 6.10 Å². The van der Waals surface area contributed by atoms with Crippen molar-refractivity contribution in [2.24, 2.45) is 5.41 Å². The van der Waals surface area contributed by atoms with Gasteiger partial charge < -0.3 is 9.84 Å². The molecule has 1 rings (SSSR count). The molecule has 1 fully saturated rings. The molecule has 1 N–H and O–H groups in total. The van der Waals surface area contributed by atoms with Crippen LogP contribution in [0.4, 0.5) is 0 Å². The zero-order valence-electron chi connectivity index (χ0n) is 11.9. The second kappa shape index (κ2) is 7.38. The van der Waals surface area contributed by atoms with E-state index in [0.717, 1.165) is 12.8 Å². The van der Waals surface area contributed by atoms with Gasteiger partial charge in [-0.15, -0.1) is 0 Å². The summed E-state index contributed by atoms with van der Waals surface area (Å²) in [6.07, 6.45) is 11.0. The molecule has 0 radical (unpaired) electrons. The first kappa shape index (κ1) is 15.0. The van der Waals surface area contributed by atoms with Gasteiger partial charge in [-0.25, -0.2) is 0 Å². The molecule has 2 atom stereocenters. The summed E-state index contributed by atoms with van der Waals surface area (Å²) in [6, 6.07) is 0. The Kier molecular flexibility index (Phi) is 6.50. The number of aliphatic hydroxyl groups excluding tert-OH is 1. The van der Waals surface area contributed by atoms with Crippen molar-refractivity contribution in [2.45, 2.75) is 91.0 Å². The predicted octanol–water partition coefficient (Wildman–Crippen LogP) is 4.26. The van der Waals surface area contributed by atoms with Gasteiger partial charge in [0.15, 0.2) is 6.29 Å². The lowest BCUT2D eigenvalue weighted by atomic mass is 9.83. The van der Waals surface area contributed by atoms with Crippen LogP contribution in [-0.2, 0) is 4.74 Å². The number of ether oxygens (including phenoxy) is 1. The van der Waals surface area contributed by atoms with E-state index in [4.69, 9.17) is 4.74 Å². The average Bonchev–Trinajstić information content (AvgIpc) is 2.50. The first-order chi connectivity index (χ1) is 8.06. The van der Waals surface area contributed by atoms with Gasteiger partial charge in [-0.2, -0.15) is 0 Å². The average molecular weight is 242 g/mol. The molecule has 0 bridgehead atoms. The molecule has 0 aromatic carbocycles. The predicted molar refractivity (Wildman–Crippen MR) is 71.9 cm³/mol. The van der Waals surface area contributed by atoms with Crippen LogP contribution in [-0.4, -0.2) is 17.5 Å². The molecule has 0 amide bonds. The molecule has 1 heterocycles. The maximum Gasteiger partial charge on any atom is 0.155 e. The van der Waals surface area contributed by atoms with Crippen LogP contribution in [0, 0.1) is 5.41 Å².